The summed E-state index contributed by atoms with van der Waals surface area (Å²) in [6.45, 7) is 2.93. The van der Waals surface area contributed by atoms with Crippen LogP contribution in [0.5, 0.6) is 0 Å². The Labute approximate surface area is 138 Å². The maximum absolute atomic E-state index is 11.8. The second-order valence-electron chi connectivity index (χ2n) is 5.86. The van der Waals surface area contributed by atoms with Crippen molar-refractivity contribution in [3.05, 3.63) is 3.95 Å². The molecule has 1 heterocycles. The molecule has 2 aliphatic rings. The molecule has 118 valence electrons. The van der Waals surface area contributed by atoms with Gasteiger partial charge in [-0.15, -0.1) is 5.10 Å². The van der Waals surface area contributed by atoms with Crippen molar-refractivity contribution in [2.24, 2.45) is 0 Å². The van der Waals surface area contributed by atoms with E-state index in [4.69, 9.17) is 17.5 Å². The predicted molar refractivity (Wildman–Crippen MR) is 87.1 cm³/mol. The second-order valence-corrected chi connectivity index (χ2v) is 7.46. The van der Waals surface area contributed by atoms with Crippen LogP contribution in [0.4, 0.5) is 5.13 Å². The van der Waals surface area contributed by atoms with Gasteiger partial charge in [-0.05, 0) is 37.9 Å². The predicted octanol–water partition coefficient (Wildman–Crippen LogP) is 2.52. The van der Waals surface area contributed by atoms with Crippen molar-refractivity contribution in [1.29, 1.82) is 5.26 Å². The molecule has 1 amide bonds. The van der Waals surface area contributed by atoms with Gasteiger partial charge < -0.3 is 0 Å². The molecule has 0 aliphatic heterocycles. The van der Waals surface area contributed by atoms with Gasteiger partial charge >= 0.3 is 0 Å². The summed E-state index contributed by atoms with van der Waals surface area (Å²) in [4.78, 5) is 15.9. The first-order valence-electron chi connectivity index (χ1n) is 7.59. The Morgan fingerprint density at radius 2 is 2.14 bits per heavy atom. The van der Waals surface area contributed by atoms with Crippen molar-refractivity contribution in [2.75, 3.05) is 11.4 Å². The number of carbonyl (C=O) groups is 1. The van der Waals surface area contributed by atoms with E-state index >= 15 is 0 Å². The summed E-state index contributed by atoms with van der Waals surface area (Å²) in [6, 6.07) is 3.04. The lowest BCUT2D eigenvalue weighted by molar-refractivity contribution is -0.116. The number of amides is 1. The van der Waals surface area contributed by atoms with Crippen LogP contribution in [-0.4, -0.2) is 39.2 Å². The zero-order valence-corrected chi connectivity index (χ0v) is 14.2. The number of aromatic nitrogens is 2. The minimum atomic E-state index is 0.0296. The van der Waals surface area contributed by atoms with Crippen LogP contribution in [0.3, 0.4) is 0 Å². The molecule has 2 aliphatic carbocycles. The lowest BCUT2D eigenvalue weighted by Gasteiger charge is -2.20. The van der Waals surface area contributed by atoms with Crippen LogP contribution in [0.2, 0.25) is 0 Å². The molecule has 22 heavy (non-hydrogen) atoms. The highest BCUT2D eigenvalue weighted by molar-refractivity contribution is 7.73. The minimum absolute atomic E-state index is 0.0296. The number of rotatable bonds is 7. The molecule has 0 atom stereocenters. The molecule has 0 bridgehead atoms. The maximum atomic E-state index is 11.8. The molecule has 0 saturated heterocycles. The van der Waals surface area contributed by atoms with Crippen molar-refractivity contribution >= 4 is 34.6 Å². The quantitative estimate of drug-likeness (QED) is 0.715. The fourth-order valence-corrected chi connectivity index (χ4v) is 3.73. The van der Waals surface area contributed by atoms with Gasteiger partial charge in [0.15, 0.2) is 3.95 Å². The summed E-state index contributed by atoms with van der Waals surface area (Å²) in [5.41, 5.74) is 0. The van der Waals surface area contributed by atoms with Gasteiger partial charge in [0, 0.05) is 32.0 Å². The number of nitrogens with zero attached hydrogens (tertiary/aromatic N) is 5. The van der Waals surface area contributed by atoms with Crippen molar-refractivity contribution in [1.82, 2.24) is 14.7 Å². The molecule has 8 heteroatoms. The highest BCUT2D eigenvalue weighted by atomic mass is 32.1. The third kappa shape index (κ3) is 3.54. The summed E-state index contributed by atoms with van der Waals surface area (Å²) < 4.78 is 2.48. The molecule has 1 aromatic rings. The van der Waals surface area contributed by atoms with Crippen molar-refractivity contribution < 1.29 is 4.79 Å². The fraction of sp³-hybridized carbons (Fsp3) is 0.714. The van der Waals surface area contributed by atoms with Gasteiger partial charge in [0.1, 0.15) is 0 Å². The third-order valence-electron chi connectivity index (χ3n) is 3.94. The van der Waals surface area contributed by atoms with E-state index in [2.05, 4.69) is 16.1 Å². The van der Waals surface area contributed by atoms with Gasteiger partial charge in [0.25, 0.3) is 0 Å². The van der Waals surface area contributed by atoms with Crippen LogP contribution in [-0.2, 0) is 11.5 Å². The molecule has 0 unspecified atom stereocenters. The number of anilines is 1. The highest BCUT2D eigenvalue weighted by Crippen LogP contribution is 2.34. The molecule has 0 radical (unpaired) electrons. The molecule has 3 rings (SSSR count). The smallest absolute Gasteiger partial charge is 0.225 e. The molecule has 0 spiro atoms. The normalized spacial score (nSPS) is 17.5. The van der Waals surface area contributed by atoms with E-state index < -0.39 is 0 Å². The first-order valence-corrected chi connectivity index (χ1v) is 8.81. The summed E-state index contributed by atoms with van der Waals surface area (Å²) >= 11 is 6.81. The molecule has 2 fully saturated rings. The second kappa shape index (κ2) is 6.44. The van der Waals surface area contributed by atoms with Gasteiger partial charge in [0.05, 0.1) is 12.7 Å². The van der Waals surface area contributed by atoms with Gasteiger partial charge in [0.2, 0.25) is 11.0 Å². The SMILES string of the molecule is CC(=O)N(c1nn(CN(CCC#N)C2CC2)c(=S)s1)C1CC1. The van der Waals surface area contributed by atoms with Gasteiger partial charge in [-0.2, -0.15) is 5.26 Å². The molecule has 0 N–H and O–H groups in total. The number of hydrogen-bond donors (Lipinski definition) is 0. The monoisotopic (exact) mass is 337 g/mol. The van der Waals surface area contributed by atoms with Crippen LogP contribution >= 0.6 is 23.6 Å². The van der Waals surface area contributed by atoms with E-state index in [9.17, 15) is 4.79 Å². The van der Waals surface area contributed by atoms with Gasteiger partial charge in [-0.3, -0.25) is 14.6 Å². The average molecular weight is 337 g/mol. The van der Waals surface area contributed by atoms with Crippen molar-refractivity contribution in [3.63, 3.8) is 0 Å². The fourth-order valence-electron chi connectivity index (χ4n) is 2.54. The van der Waals surface area contributed by atoms with E-state index in [0.29, 0.717) is 34.3 Å². The Morgan fingerprint density at radius 3 is 2.68 bits per heavy atom. The molecular weight excluding hydrogens is 318 g/mol. The molecule has 2 saturated carbocycles. The van der Waals surface area contributed by atoms with Crippen molar-refractivity contribution in [3.8, 4) is 6.07 Å². The number of nitriles is 1. The number of hydrogen-bond acceptors (Lipinski definition) is 6. The van der Waals surface area contributed by atoms with E-state index in [1.165, 1.54) is 24.2 Å². The minimum Gasteiger partial charge on any atom is -0.284 e. The number of carbonyl (C=O) groups excluding carboxylic acids is 1. The lowest BCUT2D eigenvalue weighted by Crippen LogP contribution is -2.32. The standard InChI is InChI=1S/C14H19N5OS2/c1-10(20)19(12-5-6-12)13-16-18(14(21)22-13)9-17(8-2-7-15)11-3-4-11/h11-12H,2-6,8-9H2,1H3. The zero-order valence-electron chi connectivity index (χ0n) is 12.6. The zero-order chi connectivity index (χ0) is 15.7. The summed E-state index contributed by atoms with van der Waals surface area (Å²) in [6.07, 6.45) is 4.96. The summed E-state index contributed by atoms with van der Waals surface area (Å²) in [7, 11) is 0. The summed E-state index contributed by atoms with van der Waals surface area (Å²) in [5, 5.41) is 14.0. The van der Waals surface area contributed by atoms with E-state index in [0.717, 1.165) is 19.4 Å². The lowest BCUT2D eigenvalue weighted by atomic mass is 10.4. The van der Waals surface area contributed by atoms with Gasteiger partial charge in [-0.25, -0.2) is 4.68 Å². The first-order chi connectivity index (χ1) is 10.6. The van der Waals surface area contributed by atoms with E-state index in [1.807, 2.05) is 0 Å². The average Bonchev–Trinajstić information content (AvgIpc) is 3.34. The van der Waals surface area contributed by atoms with Crippen LogP contribution < -0.4 is 4.90 Å². The van der Waals surface area contributed by atoms with E-state index in [1.54, 1.807) is 16.5 Å². The third-order valence-corrected chi connectivity index (χ3v) is 5.25. The summed E-state index contributed by atoms with van der Waals surface area (Å²) in [5.74, 6) is 0.0296. The molecule has 1 aromatic heterocycles. The topological polar surface area (TPSA) is 65.2 Å². The largest absolute Gasteiger partial charge is 0.284 e. The molecular formula is C14H19N5OS2. The maximum Gasteiger partial charge on any atom is 0.225 e. The Hall–Kier alpha value is -1.30. The Balaban J connectivity index is 1.75. The van der Waals surface area contributed by atoms with Crippen LogP contribution in [0.15, 0.2) is 0 Å². The van der Waals surface area contributed by atoms with Crippen LogP contribution in [0.25, 0.3) is 0 Å². The molecule has 0 aromatic carbocycles. The Morgan fingerprint density at radius 1 is 1.45 bits per heavy atom. The Bertz CT molecular complexity index is 653. The Kier molecular flexibility index (Phi) is 4.57. The van der Waals surface area contributed by atoms with Crippen molar-refractivity contribution in [2.45, 2.75) is 57.8 Å². The van der Waals surface area contributed by atoms with Gasteiger partial charge in [-0.1, -0.05) is 11.3 Å². The van der Waals surface area contributed by atoms with Crippen LogP contribution in [0, 0.1) is 15.3 Å². The molecule has 6 nitrogen and oxygen atoms in total. The highest BCUT2D eigenvalue weighted by Gasteiger charge is 2.34. The van der Waals surface area contributed by atoms with E-state index in [-0.39, 0.29) is 5.91 Å². The first kappa shape index (κ1) is 15.6. The van der Waals surface area contributed by atoms with Crippen LogP contribution in [0.1, 0.15) is 39.0 Å².